The summed E-state index contributed by atoms with van der Waals surface area (Å²) in [7, 11) is 0. The van der Waals surface area contributed by atoms with Crippen molar-refractivity contribution in [1.82, 2.24) is 19.9 Å². The number of benzene rings is 1. The second-order valence-electron chi connectivity index (χ2n) is 10.5. The van der Waals surface area contributed by atoms with Crippen LogP contribution < -0.4 is 15.8 Å². The Hall–Kier alpha value is -3.82. The number of pyridine rings is 2. The quantitative estimate of drug-likeness (QED) is 0.351. The number of carbonyl (C=O) groups excluding carboxylic acids is 1. The van der Waals surface area contributed by atoms with Gasteiger partial charge in [-0.25, -0.2) is 9.78 Å². The van der Waals surface area contributed by atoms with Crippen LogP contribution in [0.2, 0.25) is 5.02 Å². The molecule has 5 rings (SSSR count). The van der Waals surface area contributed by atoms with Crippen LogP contribution in [0.3, 0.4) is 0 Å². The third-order valence-electron chi connectivity index (χ3n) is 6.56. The van der Waals surface area contributed by atoms with E-state index in [1.54, 1.807) is 49.7 Å². The highest BCUT2D eigenvalue weighted by Gasteiger charge is 2.21. The van der Waals surface area contributed by atoms with E-state index in [2.05, 4.69) is 26.3 Å². The monoisotopic (exact) mass is 549 g/mol. The van der Waals surface area contributed by atoms with Crippen LogP contribution in [0.1, 0.15) is 32.4 Å². The Bertz CT molecular complexity index is 1530. The lowest BCUT2D eigenvalue weighted by atomic mass is 10.0. The van der Waals surface area contributed by atoms with E-state index in [9.17, 15) is 9.59 Å². The number of aromatic amines is 1. The maximum atomic E-state index is 13.5. The fraction of sp³-hybridized carbons (Fsp3) is 0.345. The van der Waals surface area contributed by atoms with Gasteiger partial charge in [-0.15, -0.1) is 0 Å². The fourth-order valence-electron chi connectivity index (χ4n) is 4.73. The maximum absolute atomic E-state index is 13.5. The van der Waals surface area contributed by atoms with Crippen molar-refractivity contribution in [1.29, 1.82) is 0 Å². The Balaban J connectivity index is 1.46. The SMILES string of the molecule is CC(C)(C)OC(=O)NCC(c1cccc(Cl)c1)n1ccc(-c2c[nH]c3ncc(N4CCOCC4)cc23)cc1=O. The Morgan fingerprint density at radius 3 is 2.72 bits per heavy atom. The van der Waals surface area contributed by atoms with Gasteiger partial charge in [0.1, 0.15) is 11.2 Å². The molecule has 1 unspecified atom stereocenters. The van der Waals surface area contributed by atoms with Crippen molar-refractivity contribution < 1.29 is 14.3 Å². The van der Waals surface area contributed by atoms with Gasteiger partial charge in [0.15, 0.2) is 0 Å². The zero-order valence-electron chi connectivity index (χ0n) is 22.2. The first-order valence-corrected chi connectivity index (χ1v) is 13.3. The van der Waals surface area contributed by atoms with Gasteiger partial charge in [0, 0.05) is 54.1 Å². The van der Waals surface area contributed by atoms with Crippen LogP contribution in [-0.4, -0.2) is 59.1 Å². The topological polar surface area (TPSA) is 101 Å². The van der Waals surface area contributed by atoms with Crippen LogP contribution in [0.5, 0.6) is 0 Å². The molecule has 9 nitrogen and oxygen atoms in total. The van der Waals surface area contributed by atoms with Crippen molar-refractivity contribution in [3.63, 3.8) is 0 Å². The predicted molar refractivity (Wildman–Crippen MR) is 153 cm³/mol. The fourth-order valence-corrected chi connectivity index (χ4v) is 4.92. The number of amides is 1. The molecule has 39 heavy (non-hydrogen) atoms. The summed E-state index contributed by atoms with van der Waals surface area (Å²) in [5.41, 5.74) is 3.38. The van der Waals surface area contributed by atoms with Gasteiger partial charge in [0.2, 0.25) is 0 Å². The van der Waals surface area contributed by atoms with Gasteiger partial charge in [0.25, 0.3) is 5.56 Å². The molecule has 2 N–H and O–H groups in total. The molecule has 1 fully saturated rings. The van der Waals surface area contributed by atoms with Crippen molar-refractivity contribution in [2.24, 2.45) is 0 Å². The molecule has 204 valence electrons. The van der Waals surface area contributed by atoms with E-state index >= 15 is 0 Å². The number of aromatic nitrogens is 3. The number of halogens is 1. The number of morpholine rings is 1. The van der Waals surface area contributed by atoms with E-state index in [0.29, 0.717) is 18.2 Å². The third kappa shape index (κ3) is 6.26. The van der Waals surface area contributed by atoms with Crippen LogP contribution in [0.4, 0.5) is 10.5 Å². The molecule has 0 saturated carbocycles. The molecule has 0 aliphatic carbocycles. The van der Waals surface area contributed by atoms with Crippen LogP contribution in [0.15, 0.2) is 65.8 Å². The molecule has 1 saturated heterocycles. The highest BCUT2D eigenvalue weighted by Crippen LogP contribution is 2.30. The highest BCUT2D eigenvalue weighted by molar-refractivity contribution is 6.30. The van der Waals surface area contributed by atoms with Crippen molar-refractivity contribution in [3.05, 3.63) is 82.0 Å². The van der Waals surface area contributed by atoms with Crippen LogP contribution >= 0.6 is 11.6 Å². The lowest BCUT2D eigenvalue weighted by Gasteiger charge is -2.28. The minimum absolute atomic E-state index is 0.147. The van der Waals surface area contributed by atoms with Crippen LogP contribution in [0, 0.1) is 0 Å². The van der Waals surface area contributed by atoms with E-state index in [1.807, 2.05) is 30.6 Å². The first-order valence-electron chi connectivity index (χ1n) is 12.9. The van der Waals surface area contributed by atoms with Crippen molar-refractivity contribution in [2.75, 3.05) is 37.7 Å². The van der Waals surface area contributed by atoms with Gasteiger partial charge in [0.05, 0.1) is 31.1 Å². The number of ether oxygens (including phenoxy) is 2. The van der Waals surface area contributed by atoms with E-state index in [1.165, 1.54) is 0 Å². The number of rotatable bonds is 6. The van der Waals surface area contributed by atoms with E-state index in [4.69, 9.17) is 21.1 Å². The Morgan fingerprint density at radius 2 is 2.00 bits per heavy atom. The van der Waals surface area contributed by atoms with Crippen LogP contribution in [-0.2, 0) is 9.47 Å². The summed E-state index contributed by atoms with van der Waals surface area (Å²) >= 11 is 6.26. The van der Waals surface area contributed by atoms with Crippen molar-refractivity contribution in [3.8, 4) is 11.1 Å². The molecule has 1 amide bonds. The average Bonchev–Trinajstić information content (AvgIpc) is 3.32. The second-order valence-corrected chi connectivity index (χ2v) is 10.9. The molecular weight excluding hydrogens is 518 g/mol. The summed E-state index contributed by atoms with van der Waals surface area (Å²) in [4.78, 5) is 35.9. The molecule has 1 aliphatic rings. The number of alkyl carbamates (subject to hydrolysis) is 1. The number of nitrogens with zero attached hydrogens (tertiary/aromatic N) is 3. The summed E-state index contributed by atoms with van der Waals surface area (Å²) in [6.07, 6.45) is 4.93. The van der Waals surface area contributed by atoms with Crippen LogP contribution in [0.25, 0.3) is 22.2 Å². The molecule has 0 radical (unpaired) electrons. The molecular formula is C29H32ClN5O4. The maximum Gasteiger partial charge on any atom is 0.407 e. The summed E-state index contributed by atoms with van der Waals surface area (Å²) < 4.78 is 12.5. The number of hydrogen-bond donors (Lipinski definition) is 2. The summed E-state index contributed by atoms with van der Waals surface area (Å²) in [6, 6.07) is 12.4. The second kappa shape index (κ2) is 11.1. The Kier molecular flexibility index (Phi) is 7.63. The van der Waals surface area contributed by atoms with E-state index < -0.39 is 17.7 Å². The first-order chi connectivity index (χ1) is 18.7. The molecule has 1 aromatic carbocycles. The minimum atomic E-state index is -0.635. The number of carbonyl (C=O) groups is 1. The van der Waals surface area contributed by atoms with Gasteiger partial charge in [-0.1, -0.05) is 23.7 Å². The Labute approximate surface area is 231 Å². The number of nitrogens with one attached hydrogen (secondary N) is 2. The molecule has 3 aromatic heterocycles. The Morgan fingerprint density at radius 1 is 1.21 bits per heavy atom. The smallest absolute Gasteiger partial charge is 0.407 e. The van der Waals surface area contributed by atoms with E-state index in [0.717, 1.165) is 46.5 Å². The molecule has 0 spiro atoms. The molecule has 1 atom stereocenters. The number of H-pyrrole nitrogens is 1. The standard InChI is InChI=1S/C29H32ClN5O4/c1-29(2,3)39-28(37)33-18-25(20-5-4-6-21(30)13-20)35-8-7-19(14-26(35)36)24-17-32-27-23(24)15-22(16-31-27)34-9-11-38-12-10-34/h4-8,13-17,25H,9-12,18H2,1-3H3,(H,31,32)(H,33,37). The van der Waals surface area contributed by atoms with Gasteiger partial charge < -0.3 is 29.2 Å². The van der Waals surface area contributed by atoms with Gasteiger partial charge in [-0.2, -0.15) is 0 Å². The third-order valence-corrected chi connectivity index (χ3v) is 6.80. The molecule has 0 bridgehead atoms. The van der Waals surface area contributed by atoms with Crippen molar-refractivity contribution in [2.45, 2.75) is 32.4 Å². The summed E-state index contributed by atoms with van der Waals surface area (Å²) in [5, 5.41) is 4.28. The normalized spacial score (nSPS) is 14.8. The zero-order valence-corrected chi connectivity index (χ0v) is 23.0. The average molecular weight is 550 g/mol. The lowest BCUT2D eigenvalue weighted by molar-refractivity contribution is 0.0522. The predicted octanol–water partition coefficient (Wildman–Crippen LogP) is 5.00. The summed E-state index contributed by atoms with van der Waals surface area (Å²) in [6.45, 7) is 8.54. The molecule has 1 aliphatic heterocycles. The number of anilines is 1. The number of hydrogen-bond acceptors (Lipinski definition) is 6. The molecule has 10 heteroatoms. The van der Waals surface area contributed by atoms with Gasteiger partial charge >= 0.3 is 6.09 Å². The largest absolute Gasteiger partial charge is 0.444 e. The molecule has 4 aromatic rings. The molecule has 4 heterocycles. The minimum Gasteiger partial charge on any atom is -0.444 e. The van der Waals surface area contributed by atoms with Crippen molar-refractivity contribution >= 4 is 34.4 Å². The summed E-state index contributed by atoms with van der Waals surface area (Å²) in [5.74, 6) is 0. The zero-order chi connectivity index (χ0) is 27.6. The number of fused-ring (bicyclic) bond motifs is 1. The van der Waals surface area contributed by atoms with Gasteiger partial charge in [-0.3, -0.25) is 4.79 Å². The lowest BCUT2D eigenvalue weighted by Crippen LogP contribution is -2.38. The highest BCUT2D eigenvalue weighted by atomic mass is 35.5. The van der Waals surface area contributed by atoms with E-state index in [-0.39, 0.29) is 12.1 Å². The first kappa shape index (κ1) is 26.8. The van der Waals surface area contributed by atoms with Gasteiger partial charge in [-0.05, 0) is 56.2 Å².